The Balaban J connectivity index is 2.10. The number of hydroxylamine groups is 2. The summed E-state index contributed by atoms with van der Waals surface area (Å²) in [5, 5.41) is 20.8. The Morgan fingerprint density at radius 2 is 2.00 bits per heavy atom. The van der Waals surface area contributed by atoms with Crippen molar-refractivity contribution in [3.63, 3.8) is 0 Å². The van der Waals surface area contributed by atoms with E-state index >= 15 is 0 Å². The van der Waals surface area contributed by atoms with Crippen LogP contribution in [0.3, 0.4) is 0 Å². The molecule has 0 unspecified atom stereocenters. The zero-order valence-electron chi connectivity index (χ0n) is 12.9. The summed E-state index contributed by atoms with van der Waals surface area (Å²) in [5.41, 5.74) is 6.84. The number of fused-ring (bicyclic) bond motifs is 1. The highest BCUT2D eigenvalue weighted by molar-refractivity contribution is 6.10. The molecule has 3 rings (SSSR count). The molecule has 0 radical (unpaired) electrons. The number of carbonyl (C=O) groups excluding carboxylic acids is 2. The number of carbonyl (C=O) groups is 2. The molecule has 3 aliphatic carbocycles. The van der Waals surface area contributed by atoms with Crippen LogP contribution < -0.4 is 5.73 Å². The van der Waals surface area contributed by atoms with E-state index in [2.05, 4.69) is 0 Å². The van der Waals surface area contributed by atoms with Crippen molar-refractivity contribution in [3.8, 4) is 0 Å². The predicted molar refractivity (Wildman–Crippen MR) is 78.9 cm³/mol. The number of allylic oxidation sites excluding steroid dienone is 2. The molecule has 0 aromatic rings. The number of Topliss-reactive ketones (excluding diaryl/α,β-unsaturated/α-hetero) is 1. The van der Waals surface area contributed by atoms with E-state index < -0.39 is 17.0 Å². The number of hydrogen-bond acceptors (Lipinski definition) is 4. The molecule has 1 atom stereocenters. The van der Waals surface area contributed by atoms with Gasteiger partial charge in [-0.15, -0.1) is 0 Å². The smallest absolute Gasteiger partial charge is 0.338 e. The SMILES string of the molecule is CC1=C(CN(O)C(N)=O)C2=C(C)C3(CC3)[C@@](C)(O)C(=O)C2=C1. The first-order valence-corrected chi connectivity index (χ1v) is 7.30. The van der Waals surface area contributed by atoms with Crippen LogP contribution in [0.5, 0.6) is 0 Å². The monoisotopic (exact) mass is 304 g/mol. The number of rotatable bonds is 2. The van der Waals surface area contributed by atoms with Gasteiger partial charge in [0.05, 0.1) is 6.54 Å². The van der Waals surface area contributed by atoms with Crippen molar-refractivity contribution in [1.29, 1.82) is 0 Å². The van der Waals surface area contributed by atoms with E-state index in [0.29, 0.717) is 16.2 Å². The second-order valence-electron chi connectivity index (χ2n) is 6.60. The van der Waals surface area contributed by atoms with Crippen molar-refractivity contribution >= 4 is 11.8 Å². The first-order chi connectivity index (χ1) is 10.1. The van der Waals surface area contributed by atoms with Gasteiger partial charge in [-0.1, -0.05) is 5.57 Å². The fourth-order valence-corrected chi connectivity index (χ4v) is 3.85. The maximum Gasteiger partial charge on any atom is 0.338 e. The van der Waals surface area contributed by atoms with Gasteiger partial charge in [0.25, 0.3) is 0 Å². The maximum absolute atomic E-state index is 12.7. The lowest BCUT2D eigenvalue weighted by Crippen LogP contribution is -2.49. The molecule has 0 aromatic carbocycles. The lowest BCUT2D eigenvalue weighted by atomic mass is 9.67. The summed E-state index contributed by atoms with van der Waals surface area (Å²) in [6.07, 6.45) is 3.24. The molecule has 0 saturated heterocycles. The van der Waals surface area contributed by atoms with Crippen LogP contribution in [0.25, 0.3) is 0 Å². The van der Waals surface area contributed by atoms with Gasteiger partial charge in [0.15, 0.2) is 5.78 Å². The summed E-state index contributed by atoms with van der Waals surface area (Å²) < 4.78 is 0. The van der Waals surface area contributed by atoms with Gasteiger partial charge in [0, 0.05) is 11.0 Å². The topological polar surface area (TPSA) is 104 Å². The lowest BCUT2D eigenvalue weighted by molar-refractivity contribution is -0.137. The van der Waals surface area contributed by atoms with Crippen LogP contribution in [0.4, 0.5) is 4.79 Å². The molecule has 0 aromatic heterocycles. The zero-order valence-corrected chi connectivity index (χ0v) is 12.9. The molecule has 0 aliphatic heterocycles. The summed E-state index contributed by atoms with van der Waals surface area (Å²) in [6.45, 7) is 5.25. The number of nitrogens with two attached hydrogens (primary N) is 1. The van der Waals surface area contributed by atoms with E-state index in [-0.39, 0.29) is 12.3 Å². The standard InChI is InChI=1S/C16H20N2O4/c1-8-6-10-12(11(8)7-18(22)14(17)20)9(2)16(4-5-16)15(3,21)13(10)19/h6,21-22H,4-5,7H2,1-3H3,(H2,17,20)/t15-/m0/s1. The maximum atomic E-state index is 12.7. The average Bonchev–Trinajstić information content (AvgIpc) is 3.18. The first-order valence-electron chi connectivity index (χ1n) is 7.30. The second kappa shape index (κ2) is 4.30. The molecule has 0 bridgehead atoms. The molecule has 3 aliphatic rings. The Morgan fingerprint density at radius 1 is 1.41 bits per heavy atom. The van der Waals surface area contributed by atoms with E-state index in [0.717, 1.165) is 29.6 Å². The molecule has 22 heavy (non-hydrogen) atoms. The van der Waals surface area contributed by atoms with E-state index in [9.17, 15) is 19.9 Å². The van der Waals surface area contributed by atoms with E-state index in [4.69, 9.17) is 5.73 Å². The fraction of sp³-hybridized carbons (Fsp3) is 0.500. The Kier molecular flexibility index (Phi) is 2.93. The van der Waals surface area contributed by atoms with Gasteiger partial charge in [0.1, 0.15) is 5.60 Å². The molecule has 2 amide bonds. The largest absolute Gasteiger partial charge is 0.381 e. The predicted octanol–water partition coefficient (Wildman–Crippen LogP) is 1.44. The summed E-state index contributed by atoms with van der Waals surface area (Å²) in [5.74, 6) is -0.288. The van der Waals surface area contributed by atoms with Crippen LogP contribution in [0.15, 0.2) is 33.9 Å². The summed E-state index contributed by atoms with van der Waals surface area (Å²) in [4.78, 5) is 23.8. The normalized spacial score (nSPS) is 29.0. The number of aliphatic hydroxyl groups is 1. The van der Waals surface area contributed by atoms with Crippen molar-refractivity contribution in [2.24, 2.45) is 11.1 Å². The number of nitrogens with zero attached hydrogens (tertiary/aromatic N) is 1. The highest BCUT2D eigenvalue weighted by atomic mass is 16.5. The van der Waals surface area contributed by atoms with Gasteiger partial charge < -0.3 is 10.8 Å². The third-order valence-electron chi connectivity index (χ3n) is 5.43. The molecule has 0 heterocycles. The van der Waals surface area contributed by atoms with Gasteiger partial charge in [0.2, 0.25) is 0 Å². The highest BCUT2D eigenvalue weighted by Gasteiger charge is 2.65. The average molecular weight is 304 g/mol. The van der Waals surface area contributed by atoms with Crippen molar-refractivity contribution < 1.29 is 19.9 Å². The van der Waals surface area contributed by atoms with Crippen LogP contribution in [0, 0.1) is 5.41 Å². The molecule has 1 spiro atoms. The van der Waals surface area contributed by atoms with Gasteiger partial charge >= 0.3 is 6.03 Å². The Bertz CT molecular complexity index is 693. The highest BCUT2D eigenvalue weighted by Crippen LogP contribution is 2.64. The Hall–Kier alpha value is -1.92. The van der Waals surface area contributed by atoms with Gasteiger partial charge in [-0.3, -0.25) is 10.0 Å². The molecule has 4 N–H and O–H groups in total. The molecule has 1 fully saturated rings. The number of amides is 2. The van der Waals surface area contributed by atoms with Crippen molar-refractivity contribution in [1.82, 2.24) is 5.06 Å². The molecule has 1 saturated carbocycles. The number of primary amides is 1. The number of urea groups is 1. The molecule has 118 valence electrons. The van der Waals surface area contributed by atoms with Gasteiger partial charge in [-0.2, -0.15) is 0 Å². The minimum Gasteiger partial charge on any atom is -0.381 e. The molecular weight excluding hydrogens is 284 g/mol. The second-order valence-corrected chi connectivity index (χ2v) is 6.60. The third kappa shape index (κ3) is 1.68. The van der Waals surface area contributed by atoms with Crippen LogP contribution in [0.1, 0.15) is 33.6 Å². The molecule has 6 heteroatoms. The lowest BCUT2D eigenvalue weighted by Gasteiger charge is -2.39. The van der Waals surface area contributed by atoms with Gasteiger partial charge in [-0.05, 0) is 56.4 Å². The number of ketones is 1. The fourth-order valence-electron chi connectivity index (χ4n) is 3.85. The summed E-state index contributed by atoms with van der Waals surface area (Å²) >= 11 is 0. The van der Waals surface area contributed by atoms with Gasteiger partial charge in [-0.25, -0.2) is 9.86 Å². The molecular formula is C16H20N2O4. The van der Waals surface area contributed by atoms with Crippen molar-refractivity contribution in [2.45, 2.75) is 39.2 Å². The Morgan fingerprint density at radius 3 is 2.50 bits per heavy atom. The summed E-state index contributed by atoms with van der Waals surface area (Å²) in [6, 6.07) is -0.942. The minimum atomic E-state index is -1.40. The summed E-state index contributed by atoms with van der Waals surface area (Å²) in [7, 11) is 0. The van der Waals surface area contributed by atoms with E-state index in [1.165, 1.54) is 0 Å². The number of hydrogen-bond donors (Lipinski definition) is 3. The van der Waals surface area contributed by atoms with Crippen LogP contribution in [0.2, 0.25) is 0 Å². The van der Waals surface area contributed by atoms with E-state index in [1.54, 1.807) is 13.0 Å². The quantitative estimate of drug-likeness (QED) is 0.530. The van der Waals surface area contributed by atoms with Crippen molar-refractivity contribution in [3.05, 3.63) is 33.9 Å². The minimum absolute atomic E-state index is 0.0701. The first kappa shape index (κ1) is 15.0. The van der Waals surface area contributed by atoms with E-state index in [1.807, 2.05) is 13.8 Å². The zero-order chi connectivity index (χ0) is 16.4. The Labute approximate surface area is 128 Å². The van der Waals surface area contributed by atoms with Crippen LogP contribution in [-0.4, -0.2) is 39.3 Å². The molecule has 6 nitrogen and oxygen atoms in total. The van der Waals surface area contributed by atoms with Crippen LogP contribution in [-0.2, 0) is 4.79 Å². The third-order valence-corrected chi connectivity index (χ3v) is 5.43. The van der Waals surface area contributed by atoms with Crippen LogP contribution >= 0.6 is 0 Å². The van der Waals surface area contributed by atoms with Crippen molar-refractivity contribution in [2.75, 3.05) is 6.54 Å².